The van der Waals surface area contributed by atoms with Gasteiger partial charge in [0.25, 0.3) is 0 Å². The Balaban J connectivity index is 1.60. The Hall–Kier alpha value is -2.45. The van der Waals surface area contributed by atoms with Gasteiger partial charge in [-0.1, -0.05) is 0 Å². The maximum atomic E-state index is 12.0. The Morgan fingerprint density at radius 2 is 2.07 bits per heavy atom. The molecule has 0 bridgehead atoms. The molecule has 28 heavy (non-hydrogen) atoms. The Kier molecular flexibility index (Phi) is 5.07. The van der Waals surface area contributed by atoms with E-state index in [0.29, 0.717) is 51.3 Å². The van der Waals surface area contributed by atoms with Crippen LogP contribution in [0, 0.1) is 6.92 Å². The molecule has 0 atom stereocenters. The number of anilines is 1. The monoisotopic (exact) mass is 401 g/mol. The molecule has 148 valence electrons. The fourth-order valence-corrected chi connectivity index (χ4v) is 4.71. The Bertz CT molecular complexity index is 903. The number of nitrogens with one attached hydrogen (secondary N) is 1. The van der Waals surface area contributed by atoms with Gasteiger partial charge >= 0.3 is 5.97 Å². The van der Waals surface area contributed by atoms with Crippen LogP contribution in [0.3, 0.4) is 0 Å². The lowest BCUT2D eigenvalue weighted by Gasteiger charge is -2.41. The number of carboxylic acid groups (broad SMARTS) is 1. The Morgan fingerprint density at radius 3 is 2.75 bits per heavy atom. The van der Waals surface area contributed by atoms with Gasteiger partial charge in [-0.15, -0.1) is 11.3 Å². The standard InChI is InChI=1S/C20H23N3O4S/c1-13-2-5-16(28-13)15-4-3-14(19(25)26)18(22-15)23-9-6-20(7-10-23)12-17(24)21-8-11-27-20/h2-5H,6-12H2,1H3,(H,21,24)(H,25,26). The highest BCUT2D eigenvalue weighted by Crippen LogP contribution is 2.35. The van der Waals surface area contributed by atoms with E-state index >= 15 is 0 Å². The highest BCUT2D eigenvalue weighted by molar-refractivity contribution is 7.15. The maximum absolute atomic E-state index is 12.0. The van der Waals surface area contributed by atoms with E-state index in [0.717, 1.165) is 10.6 Å². The normalized spacial score (nSPS) is 19.3. The molecule has 0 saturated carbocycles. The van der Waals surface area contributed by atoms with E-state index in [9.17, 15) is 14.7 Å². The molecule has 2 aliphatic heterocycles. The second-order valence-electron chi connectivity index (χ2n) is 7.33. The van der Waals surface area contributed by atoms with Crippen molar-refractivity contribution in [3.05, 3.63) is 34.7 Å². The average Bonchev–Trinajstić information content (AvgIpc) is 3.03. The van der Waals surface area contributed by atoms with Crippen molar-refractivity contribution in [2.45, 2.75) is 31.8 Å². The lowest BCUT2D eigenvalue weighted by molar-refractivity contribution is -0.126. The average molecular weight is 401 g/mol. The molecule has 1 amide bonds. The van der Waals surface area contributed by atoms with Crippen LogP contribution in [0.2, 0.25) is 0 Å². The SMILES string of the molecule is Cc1ccc(-c2ccc(C(=O)O)c(N3CCC4(CC3)CC(=O)NCCO4)n2)s1. The van der Waals surface area contributed by atoms with Gasteiger partial charge in [0.2, 0.25) is 5.91 Å². The van der Waals surface area contributed by atoms with Crippen molar-refractivity contribution in [2.75, 3.05) is 31.1 Å². The molecule has 0 radical (unpaired) electrons. The van der Waals surface area contributed by atoms with Gasteiger partial charge in [0.05, 0.1) is 29.2 Å². The van der Waals surface area contributed by atoms with Crippen LogP contribution in [0.5, 0.6) is 0 Å². The Morgan fingerprint density at radius 1 is 1.29 bits per heavy atom. The van der Waals surface area contributed by atoms with E-state index in [1.807, 2.05) is 24.0 Å². The van der Waals surface area contributed by atoms with Crippen molar-refractivity contribution in [3.8, 4) is 10.6 Å². The summed E-state index contributed by atoms with van der Waals surface area (Å²) in [4.78, 5) is 32.6. The van der Waals surface area contributed by atoms with Gasteiger partial charge in [-0.05, 0) is 44.0 Å². The van der Waals surface area contributed by atoms with Gasteiger partial charge in [0.1, 0.15) is 11.4 Å². The summed E-state index contributed by atoms with van der Waals surface area (Å²) in [5.74, 6) is -0.476. The van der Waals surface area contributed by atoms with Crippen LogP contribution in [0.4, 0.5) is 5.82 Å². The number of ether oxygens (including phenoxy) is 1. The van der Waals surface area contributed by atoms with Gasteiger partial charge < -0.3 is 20.1 Å². The predicted octanol–water partition coefficient (Wildman–Crippen LogP) is 2.69. The second kappa shape index (κ2) is 7.52. The molecule has 2 saturated heterocycles. The number of hydrogen-bond acceptors (Lipinski definition) is 6. The summed E-state index contributed by atoms with van der Waals surface area (Å²) in [6.07, 6.45) is 1.70. The van der Waals surface area contributed by atoms with Crippen molar-refractivity contribution in [2.24, 2.45) is 0 Å². The van der Waals surface area contributed by atoms with E-state index in [2.05, 4.69) is 5.32 Å². The minimum absolute atomic E-state index is 0.0189. The fraction of sp³-hybridized carbons (Fsp3) is 0.450. The van der Waals surface area contributed by atoms with Crippen molar-refractivity contribution in [1.82, 2.24) is 10.3 Å². The van der Waals surface area contributed by atoms with Gasteiger partial charge in [0, 0.05) is 24.5 Å². The largest absolute Gasteiger partial charge is 0.478 e. The van der Waals surface area contributed by atoms with Crippen molar-refractivity contribution < 1.29 is 19.4 Å². The van der Waals surface area contributed by atoms with Crippen LogP contribution in [0.15, 0.2) is 24.3 Å². The van der Waals surface area contributed by atoms with E-state index in [1.54, 1.807) is 23.5 Å². The zero-order valence-electron chi connectivity index (χ0n) is 15.7. The van der Waals surface area contributed by atoms with Crippen molar-refractivity contribution in [3.63, 3.8) is 0 Å². The van der Waals surface area contributed by atoms with Crippen molar-refractivity contribution in [1.29, 1.82) is 0 Å². The molecule has 2 aromatic rings. The molecule has 0 aromatic carbocycles. The number of carboxylic acids is 1. The number of pyridine rings is 1. The lowest BCUT2D eigenvalue weighted by atomic mass is 9.87. The van der Waals surface area contributed by atoms with Crippen LogP contribution in [0.1, 0.15) is 34.5 Å². The minimum Gasteiger partial charge on any atom is -0.478 e. The highest BCUT2D eigenvalue weighted by Gasteiger charge is 2.39. The first kappa shape index (κ1) is 18.9. The molecule has 1 spiro atoms. The summed E-state index contributed by atoms with van der Waals surface area (Å²) in [7, 11) is 0. The number of hydrogen-bond donors (Lipinski definition) is 2. The number of carbonyl (C=O) groups is 2. The molecule has 0 unspecified atom stereocenters. The lowest BCUT2D eigenvalue weighted by Crippen LogP contribution is -2.47. The summed E-state index contributed by atoms with van der Waals surface area (Å²) < 4.78 is 6.01. The third-order valence-corrected chi connectivity index (χ3v) is 6.41. The third-order valence-electron chi connectivity index (χ3n) is 5.39. The van der Waals surface area contributed by atoms with Crippen molar-refractivity contribution >= 4 is 29.0 Å². The Labute approximate surface area is 167 Å². The van der Waals surface area contributed by atoms with E-state index < -0.39 is 11.6 Å². The third kappa shape index (κ3) is 3.74. The number of amides is 1. The number of thiophene rings is 1. The predicted molar refractivity (Wildman–Crippen MR) is 107 cm³/mol. The number of piperidine rings is 1. The maximum Gasteiger partial charge on any atom is 0.339 e. The summed E-state index contributed by atoms with van der Waals surface area (Å²) in [5, 5.41) is 12.5. The molecule has 0 aliphatic carbocycles. The number of carbonyl (C=O) groups excluding carboxylic acids is 1. The quantitative estimate of drug-likeness (QED) is 0.822. The highest BCUT2D eigenvalue weighted by atomic mass is 32.1. The number of rotatable bonds is 3. The summed E-state index contributed by atoms with van der Waals surface area (Å²) in [5.41, 5.74) is 0.527. The number of aromatic carboxylic acids is 1. The molecule has 4 rings (SSSR count). The zero-order chi connectivity index (χ0) is 19.7. The van der Waals surface area contributed by atoms with E-state index in [4.69, 9.17) is 9.72 Å². The van der Waals surface area contributed by atoms with Gasteiger partial charge in [-0.2, -0.15) is 0 Å². The molecular weight excluding hydrogens is 378 g/mol. The molecule has 2 aromatic heterocycles. The molecular formula is C20H23N3O4S. The molecule has 2 aliphatic rings. The number of aromatic nitrogens is 1. The molecule has 4 heterocycles. The minimum atomic E-state index is -0.984. The topological polar surface area (TPSA) is 91.8 Å². The van der Waals surface area contributed by atoms with E-state index in [-0.39, 0.29) is 11.5 Å². The van der Waals surface area contributed by atoms with E-state index in [1.165, 1.54) is 4.88 Å². The van der Waals surface area contributed by atoms with Crippen LogP contribution >= 0.6 is 11.3 Å². The van der Waals surface area contributed by atoms with Crippen LogP contribution in [-0.2, 0) is 9.53 Å². The molecule has 8 heteroatoms. The smallest absolute Gasteiger partial charge is 0.339 e. The summed E-state index contributed by atoms with van der Waals surface area (Å²) >= 11 is 1.64. The number of nitrogens with zero attached hydrogens (tertiary/aromatic N) is 2. The molecule has 7 nitrogen and oxygen atoms in total. The second-order valence-corrected chi connectivity index (χ2v) is 8.62. The summed E-state index contributed by atoms with van der Waals surface area (Å²) in [6.45, 7) is 4.30. The first-order chi connectivity index (χ1) is 13.5. The van der Waals surface area contributed by atoms with Crippen LogP contribution in [-0.4, -0.2) is 53.8 Å². The van der Waals surface area contributed by atoms with Crippen LogP contribution < -0.4 is 10.2 Å². The fourth-order valence-electron chi connectivity index (χ4n) is 3.88. The zero-order valence-corrected chi connectivity index (χ0v) is 16.6. The van der Waals surface area contributed by atoms with Gasteiger partial charge in [0.15, 0.2) is 0 Å². The first-order valence-corrected chi connectivity index (χ1v) is 10.2. The molecule has 2 fully saturated rings. The van der Waals surface area contributed by atoms with Gasteiger partial charge in [-0.25, -0.2) is 9.78 Å². The first-order valence-electron chi connectivity index (χ1n) is 9.43. The molecule has 2 N–H and O–H groups in total. The number of aryl methyl sites for hydroxylation is 1. The summed E-state index contributed by atoms with van der Waals surface area (Å²) in [6, 6.07) is 7.44. The van der Waals surface area contributed by atoms with Crippen LogP contribution in [0.25, 0.3) is 10.6 Å². The van der Waals surface area contributed by atoms with Gasteiger partial charge in [-0.3, -0.25) is 4.79 Å².